The van der Waals surface area contributed by atoms with Crippen molar-refractivity contribution in [1.29, 1.82) is 5.41 Å². The van der Waals surface area contributed by atoms with Crippen LogP contribution in [0.25, 0.3) is 0 Å². The molecule has 8 heteroatoms. The van der Waals surface area contributed by atoms with Gasteiger partial charge < -0.3 is 10.1 Å². The second-order valence-electron chi connectivity index (χ2n) is 5.76. The standard InChI is InChI=1S/C16H17BrN4O2S/c1-16(11-8-19-14(17)24-11)12(13(22)21(2)15(18)20-16)9-4-6-10(23-3)7-5-9/h4-8,12H,1-3H3,(H2,18,20)/t12?,16-/m1/s1. The van der Waals surface area contributed by atoms with Gasteiger partial charge in [-0.15, -0.1) is 11.3 Å². The van der Waals surface area contributed by atoms with E-state index in [1.54, 1.807) is 20.4 Å². The number of aromatic nitrogens is 1. The molecule has 2 atom stereocenters. The van der Waals surface area contributed by atoms with Crippen molar-refractivity contribution in [1.82, 2.24) is 15.2 Å². The van der Waals surface area contributed by atoms with Crippen molar-refractivity contribution < 1.29 is 9.53 Å². The quantitative estimate of drug-likeness (QED) is 0.817. The molecule has 1 fully saturated rings. The number of nitrogens with one attached hydrogen (secondary N) is 2. The third-order valence-electron chi connectivity index (χ3n) is 4.31. The zero-order valence-corrected chi connectivity index (χ0v) is 15.9. The van der Waals surface area contributed by atoms with E-state index in [0.717, 1.165) is 20.1 Å². The number of likely N-dealkylation sites (N-methyl/N-ethyl adjacent to an activating group) is 1. The molecular weight excluding hydrogens is 392 g/mol. The van der Waals surface area contributed by atoms with Gasteiger partial charge in [0.2, 0.25) is 5.91 Å². The van der Waals surface area contributed by atoms with Gasteiger partial charge in [0.15, 0.2) is 9.88 Å². The van der Waals surface area contributed by atoms with Crippen LogP contribution in [0.2, 0.25) is 0 Å². The van der Waals surface area contributed by atoms with Crippen molar-refractivity contribution in [2.45, 2.75) is 18.4 Å². The number of guanidine groups is 1. The van der Waals surface area contributed by atoms with Crippen LogP contribution in [0.5, 0.6) is 5.75 Å². The Bertz CT molecular complexity index is 792. The van der Waals surface area contributed by atoms with E-state index in [1.807, 2.05) is 31.2 Å². The molecule has 0 bridgehead atoms. The molecule has 1 aromatic heterocycles. The van der Waals surface area contributed by atoms with Gasteiger partial charge in [0.05, 0.1) is 23.4 Å². The maximum absolute atomic E-state index is 13.0. The molecule has 1 amide bonds. The summed E-state index contributed by atoms with van der Waals surface area (Å²) in [4.78, 5) is 19.4. The van der Waals surface area contributed by atoms with Crippen molar-refractivity contribution in [2.75, 3.05) is 14.2 Å². The van der Waals surface area contributed by atoms with Gasteiger partial charge in [-0.25, -0.2) is 4.98 Å². The van der Waals surface area contributed by atoms with Gasteiger partial charge in [0, 0.05) is 13.2 Å². The molecule has 1 aromatic carbocycles. The highest BCUT2D eigenvalue weighted by atomic mass is 79.9. The zero-order chi connectivity index (χ0) is 17.5. The molecule has 3 rings (SSSR count). The van der Waals surface area contributed by atoms with Crippen LogP contribution < -0.4 is 10.1 Å². The molecule has 1 unspecified atom stereocenters. The molecule has 2 N–H and O–H groups in total. The van der Waals surface area contributed by atoms with E-state index in [4.69, 9.17) is 10.1 Å². The number of hydrogen-bond acceptors (Lipinski definition) is 5. The van der Waals surface area contributed by atoms with Gasteiger partial charge >= 0.3 is 0 Å². The van der Waals surface area contributed by atoms with Gasteiger partial charge in [0.25, 0.3) is 0 Å². The molecule has 6 nitrogen and oxygen atoms in total. The molecule has 1 aliphatic rings. The van der Waals surface area contributed by atoms with E-state index in [-0.39, 0.29) is 11.9 Å². The normalized spacial score (nSPS) is 24.0. The van der Waals surface area contributed by atoms with Gasteiger partial charge in [-0.05, 0) is 40.5 Å². The molecule has 126 valence electrons. The average Bonchev–Trinajstić information content (AvgIpc) is 3.01. The molecule has 0 aliphatic carbocycles. The lowest BCUT2D eigenvalue weighted by molar-refractivity contribution is -0.131. The highest BCUT2D eigenvalue weighted by Crippen LogP contribution is 2.43. The summed E-state index contributed by atoms with van der Waals surface area (Å²) >= 11 is 4.83. The Hall–Kier alpha value is -1.93. The fourth-order valence-electron chi connectivity index (χ4n) is 2.92. The maximum atomic E-state index is 13.0. The van der Waals surface area contributed by atoms with Gasteiger partial charge in [-0.1, -0.05) is 12.1 Å². The average molecular weight is 409 g/mol. The summed E-state index contributed by atoms with van der Waals surface area (Å²) in [7, 11) is 3.22. The molecule has 0 spiro atoms. The third-order valence-corrected chi connectivity index (χ3v) is 6.02. The number of carbonyl (C=O) groups excluding carboxylic acids is 1. The Morgan fingerprint density at radius 1 is 1.42 bits per heavy atom. The minimum absolute atomic E-state index is 0.0804. The molecule has 1 aliphatic heterocycles. The Morgan fingerprint density at radius 2 is 2.08 bits per heavy atom. The first-order chi connectivity index (χ1) is 11.4. The number of carbonyl (C=O) groups is 1. The highest BCUT2D eigenvalue weighted by Gasteiger charge is 2.49. The van der Waals surface area contributed by atoms with E-state index in [2.05, 4.69) is 26.2 Å². The van der Waals surface area contributed by atoms with Gasteiger partial charge in [-0.3, -0.25) is 15.1 Å². The summed E-state index contributed by atoms with van der Waals surface area (Å²) in [6.45, 7) is 1.93. The molecule has 2 heterocycles. The number of nitrogens with zero attached hydrogens (tertiary/aromatic N) is 2. The second-order valence-corrected chi connectivity index (χ2v) is 8.06. The molecule has 24 heavy (non-hydrogen) atoms. The third kappa shape index (κ3) is 2.69. The van der Waals surface area contributed by atoms with E-state index in [0.29, 0.717) is 0 Å². The predicted molar refractivity (Wildman–Crippen MR) is 96.5 cm³/mol. The first kappa shape index (κ1) is 16.9. The first-order valence-electron chi connectivity index (χ1n) is 7.27. The number of hydrogen-bond donors (Lipinski definition) is 2. The Kier molecular flexibility index (Phi) is 4.35. The number of rotatable bonds is 3. The Morgan fingerprint density at radius 3 is 2.62 bits per heavy atom. The summed E-state index contributed by atoms with van der Waals surface area (Å²) < 4.78 is 5.94. The summed E-state index contributed by atoms with van der Waals surface area (Å²) in [5, 5.41) is 11.3. The first-order valence-corrected chi connectivity index (χ1v) is 8.88. The Labute approximate surface area is 152 Å². The van der Waals surface area contributed by atoms with Crippen molar-refractivity contribution >= 4 is 39.1 Å². The van der Waals surface area contributed by atoms with Crippen molar-refractivity contribution in [3.8, 4) is 5.75 Å². The summed E-state index contributed by atoms with van der Waals surface area (Å²) in [5.41, 5.74) is 0.110. The van der Waals surface area contributed by atoms with Gasteiger partial charge in [-0.2, -0.15) is 0 Å². The molecule has 1 saturated heterocycles. The smallest absolute Gasteiger partial charge is 0.239 e. The Balaban J connectivity index is 2.12. The molecule has 0 saturated carbocycles. The minimum Gasteiger partial charge on any atom is -0.497 e. The van der Waals surface area contributed by atoms with Crippen LogP contribution in [0.15, 0.2) is 34.4 Å². The van der Waals surface area contributed by atoms with Crippen molar-refractivity contribution in [3.63, 3.8) is 0 Å². The van der Waals surface area contributed by atoms with Crippen LogP contribution in [0, 0.1) is 5.41 Å². The largest absolute Gasteiger partial charge is 0.497 e. The van der Waals surface area contributed by atoms with Crippen molar-refractivity contribution in [2.24, 2.45) is 0 Å². The summed E-state index contributed by atoms with van der Waals surface area (Å²) in [6, 6.07) is 7.46. The lowest BCUT2D eigenvalue weighted by Gasteiger charge is -2.44. The number of methoxy groups -OCH3 is 1. The fraction of sp³-hybridized carbons (Fsp3) is 0.312. The predicted octanol–water partition coefficient (Wildman–Crippen LogP) is 2.91. The zero-order valence-electron chi connectivity index (χ0n) is 13.5. The number of thiazole rings is 1. The lowest BCUT2D eigenvalue weighted by Crippen LogP contribution is -2.62. The van der Waals surface area contributed by atoms with Crippen LogP contribution in [-0.2, 0) is 10.3 Å². The minimum atomic E-state index is -0.751. The SMILES string of the molecule is COc1ccc(C2C(=O)N(C)C(=N)N[C@]2(C)c2cnc(Br)s2)cc1. The highest BCUT2D eigenvalue weighted by molar-refractivity contribution is 9.11. The lowest BCUT2D eigenvalue weighted by atomic mass is 9.77. The van der Waals surface area contributed by atoms with Crippen molar-refractivity contribution in [3.05, 3.63) is 44.8 Å². The van der Waals surface area contributed by atoms with Crippen LogP contribution in [-0.4, -0.2) is 35.9 Å². The van der Waals surface area contributed by atoms with E-state index in [9.17, 15) is 4.79 Å². The van der Waals surface area contributed by atoms with E-state index < -0.39 is 11.5 Å². The monoisotopic (exact) mass is 408 g/mol. The van der Waals surface area contributed by atoms with Gasteiger partial charge in [0.1, 0.15) is 5.75 Å². The molecule has 2 aromatic rings. The van der Waals surface area contributed by atoms with Crippen LogP contribution >= 0.6 is 27.3 Å². The van der Waals surface area contributed by atoms with Crippen LogP contribution in [0.1, 0.15) is 23.3 Å². The van der Waals surface area contributed by atoms with E-state index >= 15 is 0 Å². The fourth-order valence-corrected chi connectivity index (χ4v) is 4.32. The number of amides is 1. The number of benzene rings is 1. The van der Waals surface area contributed by atoms with Crippen LogP contribution in [0.4, 0.5) is 0 Å². The molecule has 0 radical (unpaired) electrons. The summed E-state index contributed by atoms with van der Waals surface area (Å²) in [6.07, 6.45) is 1.74. The number of halogens is 1. The summed E-state index contributed by atoms with van der Waals surface area (Å²) in [5.74, 6) is 0.209. The second kappa shape index (κ2) is 6.18. The van der Waals surface area contributed by atoms with E-state index in [1.165, 1.54) is 16.2 Å². The maximum Gasteiger partial charge on any atom is 0.239 e. The number of ether oxygens (including phenoxy) is 1. The molecular formula is C16H17BrN4O2S. The topological polar surface area (TPSA) is 78.3 Å². The van der Waals surface area contributed by atoms with Crippen LogP contribution in [0.3, 0.4) is 0 Å².